The van der Waals surface area contributed by atoms with E-state index in [0.29, 0.717) is 28.3 Å². The highest BCUT2D eigenvalue weighted by Gasteiger charge is 2.17. The Bertz CT molecular complexity index is 682. The minimum Gasteiger partial charge on any atom is -0.454 e. The van der Waals surface area contributed by atoms with Crippen LogP contribution in [0.3, 0.4) is 0 Å². The molecular formula is C16H15NO4. The molecule has 0 aromatic heterocycles. The second kappa shape index (κ2) is 5.46. The zero-order valence-electron chi connectivity index (χ0n) is 11.5. The number of hydrogen-bond acceptors (Lipinski definition) is 4. The third-order valence-corrected chi connectivity index (χ3v) is 3.29. The molecule has 0 radical (unpaired) electrons. The predicted molar refractivity (Wildman–Crippen MR) is 77.6 cm³/mol. The monoisotopic (exact) mass is 285 g/mol. The number of nitrogens with one attached hydrogen (secondary N) is 1. The molecule has 1 heterocycles. The van der Waals surface area contributed by atoms with Gasteiger partial charge < -0.3 is 19.9 Å². The molecule has 5 heteroatoms. The maximum atomic E-state index is 12.3. The zero-order valence-corrected chi connectivity index (χ0v) is 11.5. The number of aliphatic hydroxyl groups excluding tert-OH is 1. The second-order valence-corrected chi connectivity index (χ2v) is 4.79. The minimum absolute atomic E-state index is 0.172. The molecule has 0 aliphatic carbocycles. The van der Waals surface area contributed by atoms with Crippen LogP contribution < -0.4 is 14.8 Å². The van der Waals surface area contributed by atoms with Crippen molar-refractivity contribution in [2.75, 3.05) is 12.1 Å². The van der Waals surface area contributed by atoms with Gasteiger partial charge in [-0.05, 0) is 31.2 Å². The van der Waals surface area contributed by atoms with E-state index in [1.807, 2.05) is 6.07 Å². The first kappa shape index (κ1) is 13.5. The smallest absolute Gasteiger partial charge is 0.255 e. The molecule has 1 amide bonds. The van der Waals surface area contributed by atoms with Crippen molar-refractivity contribution < 1.29 is 19.4 Å². The largest absolute Gasteiger partial charge is 0.454 e. The summed E-state index contributed by atoms with van der Waals surface area (Å²) in [4.78, 5) is 12.3. The number of carbonyl (C=O) groups is 1. The lowest BCUT2D eigenvalue weighted by molar-refractivity contribution is 0.102. The molecule has 0 saturated carbocycles. The van der Waals surface area contributed by atoms with Gasteiger partial charge in [-0.15, -0.1) is 0 Å². The lowest BCUT2D eigenvalue weighted by Crippen LogP contribution is -2.13. The van der Waals surface area contributed by atoms with Gasteiger partial charge in [0.25, 0.3) is 5.91 Å². The molecule has 1 aliphatic rings. The third-order valence-electron chi connectivity index (χ3n) is 3.29. The van der Waals surface area contributed by atoms with E-state index in [1.54, 1.807) is 43.3 Å². The fraction of sp³-hybridized carbons (Fsp3) is 0.188. The Morgan fingerprint density at radius 2 is 1.95 bits per heavy atom. The van der Waals surface area contributed by atoms with Gasteiger partial charge in [-0.2, -0.15) is 0 Å². The first-order valence-electron chi connectivity index (χ1n) is 6.63. The summed E-state index contributed by atoms with van der Waals surface area (Å²) in [6.07, 6.45) is -0.654. The normalized spacial score (nSPS) is 13.8. The number of benzene rings is 2. The van der Waals surface area contributed by atoms with Crippen LogP contribution in [0.25, 0.3) is 0 Å². The maximum Gasteiger partial charge on any atom is 0.255 e. The van der Waals surface area contributed by atoms with E-state index in [2.05, 4.69) is 5.32 Å². The van der Waals surface area contributed by atoms with Gasteiger partial charge in [-0.1, -0.05) is 18.2 Å². The Kier molecular flexibility index (Phi) is 3.50. The Morgan fingerprint density at radius 3 is 2.76 bits per heavy atom. The molecule has 108 valence electrons. The molecule has 1 aliphatic heterocycles. The number of hydrogen-bond donors (Lipinski definition) is 2. The van der Waals surface area contributed by atoms with Crippen molar-refractivity contribution in [2.24, 2.45) is 0 Å². The average Bonchev–Trinajstić information content (AvgIpc) is 2.94. The first-order chi connectivity index (χ1) is 10.1. The number of ether oxygens (including phenoxy) is 2. The van der Waals surface area contributed by atoms with Gasteiger partial charge >= 0.3 is 0 Å². The van der Waals surface area contributed by atoms with Crippen LogP contribution in [0.5, 0.6) is 11.5 Å². The standard InChI is InChI=1S/C16H15NO4/c1-10(18)12-4-2-3-5-13(12)17-16(19)11-6-7-14-15(8-11)21-9-20-14/h2-8,10,18H,9H2,1H3,(H,17,19). The van der Waals surface area contributed by atoms with Gasteiger partial charge in [-0.3, -0.25) is 4.79 Å². The van der Waals surface area contributed by atoms with Crippen LogP contribution in [0.15, 0.2) is 42.5 Å². The Morgan fingerprint density at radius 1 is 1.19 bits per heavy atom. The molecule has 0 saturated heterocycles. The van der Waals surface area contributed by atoms with Crippen LogP contribution in [0.4, 0.5) is 5.69 Å². The molecule has 0 fully saturated rings. The van der Waals surface area contributed by atoms with Crippen LogP contribution in [-0.2, 0) is 0 Å². The van der Waals surface area contributed by atoms with Crippen LogP contribution in [0.1, 0.15) is 28.9 Å². The number of aliphatic hydroxyl groups is 1. The highest BCUT2D eigenvalue weighted by Crippen LogP contribution is 2.33. The Hall–Kier alpha value is -2.53. The van der Waals surface area contributed by atoms with Crippen LogP contribution in [0.2, 0.25) is 0 Å². The highest BCUT2D eigenvalue weighted by atomic mass is 16.7. The van der Waals surface area contributed by atoms with Gasteiger partial charge in [0, 0.05) is 16.8 Å². The number of carbonyl (C=O) groups excluding carboxylic acids is 1. The van der Waals surface area contributed by atoms with Gasteiger partial charge in [0.1, 0.15) is 0 Å². The van der Waals surface area contributed by atoms with Crippen LogP contribution >= 0.6 is 0 Å². The molecule has 0 spiro atoms. The average molecular weight is 285 g/mol. The van der Waals surface area contributed by atoms with E-state index in [4.69, 9.17) is 9.47 Å². The highest BCUT2D eigenvalue weighted by molar-refractivity contribution is 6.05. The number of amides is 1. The summed E-state index contributed by atoms with van der Waals surface area (Å²) >= 11 is 0. The van der Waals surface area contributed by atoms with E-state index < -0.39 is 6.10 Å². The maximum absolute atomic E-state index is 12.3. The molecule has 21 heavy (non-hydrogen) atoms. The van der Waals surface area contributed by atoms with Crippen molar-refractivity contribution in [3.8, 4) is 11.5 Å². The summed E-state index contributed by atoms with van der Waals surface area (Å²) in [5, 5.41) is 12.5. The molecule has 3 rings (SSSR count). The summed E-state index contributed by atoms with van der Waals surface area (Å²) in [6, 6.07) is 12.2. The summed E-state index contributed by atoms with van der Waals surface area (Å²) in [6.45, 7) is 1.83. The number of fused-ring (bicyclic) bond motifs is 1. The van der Waals surface area contributed by atoms with Gasteiger partial charge in [-0.25, -0.2) is 0 Å². The summed E-state index contributed by atoms with van der Waals surface area (Å²) in [7, 11) is 0. The molecule has 2 N–H and O–H groups in total. The van der Waals surface area contributed by atoms with Crippen molar-refractivity contribution in [3.63, 3.8) is 0 Å². The van der Waals surface area contributed by atoms with Crippen molar-refractivity contribution in [1.82, 2.24) is 0 Å². The van der Waals surface area contributed by atoms with E-state index >= 15 is 0 Å². The van der Waals surface area contributed by atoms with Crippen molar-refractivity contribution in [2.45, 2.75) is 13.0 Å². The Labute approximate surface area is 122 Å². The van der Waals surface area contributed by atoms with Gasteiger partial charge in [0.05, 0.1) is 6.10 Å². The molecular weight excluding hydrogens is 270 g/mol. The lowest BCUT2D eigenvalue weighted by atomic mass is 10.1. The van der Waals surface area contributed by atoms with Gasteiger partial charge in [0.15, 0.2) is 11.5 Å². The van der Waals surface area contributed by atoms with E-state index in [9.17, 15) is 9.90 Å². The van der Waals surface area contributed by atoms with E-state index in [1.165, 1.54) is 0 Å². The van der Waals surface area contributed by atoms with Crippen molar-refractivity contribution in [3.05, 3.63) is 53.6 Å². The molecule has 1 unspecified atom stereocenters. The predicted octanol–water partition coefficient (Wildman–Crippen LogP) is 2.72. The van der Waals surface area contributed by atoms with Crippen molar-refractivity contribution in [1.29, 1.82) is 0 Å². The summed E-state index contributed by atoms with van der Waals surface area (Å²) in [5.74, 6) is 0.934. The quantitative estimate of drug-likeness (QED) is 0.910. The van der Waals surface area contributed by atoms with E-state index in [-0.39, 0.29) is 12.7 Å². The van der Waals surface area contributed by atoms with Crippen LogP contribution in [-0.4, -0.2) is 17.8 Å². The zero-order chi connectivity index (χ0) is 14.8. The fourth-order valence-electron chi connectivity index (χ4n) is 2.21. The minimum atomic E-state index is -0.654. The summed E-state index contributed by atoms with van der Waals surface area (Å²) in [5.41, 5.74) is 1.74. The molecule has 0 bridgehead atoms. The SMILES string of the molecule is CC(O)c1ccccc1NC(=O)c1ccc2c(c1)OCO2. The summed E-state index contributed by atoms with van der Waals surface area (Å²) < 4.78 is 10.5. The fourth-order valence-corrected chi connectivity index (χ4v) is 2.21. The molecule has 2 aromatic carbocycles. The van der Waals surface area contributed by atoms with E-state index in [0.717, 1.165) is 0 Å². The second-order valence-electron chi connectivity index (χ2n) is 4.79. The Balaban J connectivity index is 1.84. The van der Waals surface area contributed by atoms with Crippen LogP contribution in [0, 0.1) is 0 Å². The number of para-hydroxylation sites is 1. The van der Waals surface area contributed by atoms with Gasteiger partial charge in [0.2, 0.25) is 6.79 Å². The lowest BCUT2D eigenvalue weighted by Gasteiger charge is -2.13. The molecule has 1 atom stereocenters. The molecule has 5 nitrogen and oxygen atoms in total. The third kappa shape index (κ3) is 2.68. The first-order valence-corrected chi connectivity index (χ1v) is 6.63. The topological polar surface area (TPSA) is 67.8 Å². The molecule has 2 aromatic rings. The number of rotatable bonds is 3. The number of anilines is 1. The van der Waals surface area contributed by atoms with Crippen molar-refractivity contribution >= 4 is 11.6 Å².